The van der Waals surface area contributed by atoms with Gasteiger partial charge in [-0.2, -0.15) is 0 Å². The van der Waals surface area contributed by atoms with Crippen molar-refractivity contribution < 1.29 is 4.74 Å². The molecule has 0 amide bonds. The lowest BCUT2D eigenvalue weighted by Crippen LogP contribution is -2.25. The molecule has 1 aromatic rings. The van der Waals surface area contributed by atoms with Crippen LogP contribution in [-0.2, 0) is 0 Å². The molecule has 0 unspecified atom stereocenters. The van der Waals surface area contributed by atoms with Crippen molar-refractivity contribution in [3.8, 4) is 5.75 Å². The molecule has 0 aromatic heterocycles. The summed E-state index contributed by atoms with van der Waals surface area (Å²) >= 11 is 6.07. The van der Waals surface area contributed by atoms with Gasteiger partial charge >= 0.3 is 0 Å². The minimum Gasteiger partial charge on any atom is -0.495 e. The molecule has 0 radical (unpaired) electrons. The summed E-state index contributed by atoms with van der Waals surface area (Å²) in [5.74, 6) is 1.72. The summed E-state index contributed by atoms with van der Waals surface area (Å²) in [4.78, 5) is 4.46. The number of nitrogens with two attached hydrogens (primary N) is 1. The van der Waals surface area contributed by atoms with E-state index in [1.165, 1.54) is 12.8 Å². The van der Waals surface area contributed by atoms with E-state index < -0.39 is 0 Å². The summed E-state index contributed by atoms with van der Waals surface area (Å²) in [6.45, 7) is 5.28. The summed E-state index contributed by atoms with van der Waals surface area (Å²) in [6, 6.07) is 5.44. The summed E-state index contributed by atoms with van der Waals surface area (Å²) < 4.78 is 5.11. The van der Waals surface area contributed by atoms with Crippen molar-refractivity contribution in [2.45, 2.75) is 26.7 Å². The molecule has 1 aliphatic rings. The van der Waals surface area contributed by atoms with Gasteiger partial charge in [-0.3, -0.25) is 4.99 Å². The van der Waals surface area contributed by atoms with Gasteiger partial charge < -0.3 is 15.8 Å². The highest BCUT2D eigenvalue weighted by atomic mass is 35.5. The Morgan fingerprint density at radius 1 is 1.50 bits per heavy atom. The van der Waals surface area contributed by atoms with Gasteiger partial charge in [0, 0.05) is 12.2 Å². The van der Waals surface area contributed by atoms with Gasteiger partial charge in [0.25, 0.3) is 0 Å². The average Bonchev–Trinajstić information content (AvgIpc) is 3.18. The maximum atomic E-state index is 6.07. The Balaban J connectivity index is 1.97. The zero-order valence-corrected chi connectivity index (χ0v) is 13.0. The van der Waals surface area contributed by atoms with Crippen molar-refractivity contribution in [2.24, 2.45) is 22.1 Å². The molecule has 0 bridgehead atoms. The first kappa shape index (κ1) is 15.0. The molecule has 0 heterocycles. The van der Waals surface area contributed by atoms with Gasteiger partial charge in [-0.1, -0.05) is 25.4 Å². The van der Waals surface area contributed by atoms with E-state index in [1.54, 1.807) is 19.2 Å². The van der Waals surface area contributed by atoms with Gasteiger partial charge in [0.1, 0.15) is 5.75 Å². The number of ether oxygens (including phenoxy) is 1. The lowest BCUT2D eigenvalue weighted by Gasteiger charge is -2.17. The summed E-state index contributed by atoms with van der Waals surface area (Å²) in [5.41, 5.74) is 7.10. The third-order valence-electron chi connectivity index (χ3n) is 4.11. The molecule has 0 saturated heterocycles. The van der Waals surface area contributed by atoms with Crippen molar-refractivity contribution in [3.05, 3.63) is 23.2 Å². The highest BCUT2D eigenvalue weighted by molar-refractivity contribution is 6.32. The van der Waals surface area contributed by atoms with Crippen LogP contribution in [0.3, 0.4) is 0 Å². The predicted molar refractivity (Wildman–Crippen MR) is 84.6 cm³/mol. The topological polar surface area (TPSA) is 59.6 Å². The third-order valence-corrected chi connectivity index (χ3v) is 4.40. The number of halogens is 1. The van der Waals surface area contributed by atoms with E-state index in [2.05, 4.69) is 24.2 Å². The first-order valence-corrected chi connectivity index (χ1v) is 7.25. The summed E-state index contributed by atoms with van der Waals surface area (Å²) in [5, 5.41) is 3.61. The van der Waals surface area contributed by atoms with Gasteiger partial charge in [0.2, 0.25) is 0 Å². The third kappa shape index (κ3) is 3.37. The van der Waals surface area contributed by atoms with Crippen molar-refractivity contribution >= 4 is 23.2 Å². The number of nitrogens with zero attached hydrogens (tertiary/aromatic N) is 1. The Morgan fingerprint density at radius 3 is 2.70 bits per heavy atom. The second-order valence-corrected chi connectivity index (χ2v) is 6.10. The lowest BCUT2D eigenvalue weighted by molar-refractivity contribution is 0.371. The van der Waals surface area contributed by atoms with Crippen LogP contribution in [0.1, 0.15) is 26.7 Å². The van der Waals surface area contributed by atoms with E-state index in [0.717, 1.165) is 12.2 Å². The quantitative estimate of drug-likeness (QED) is 0.645. The zero-order chi connectivity index (χ0) is 14.8. The Morgan fingerprint density at radius 2 is 2.20 bits per heavy atom. The molecule has 110 valence electrons. The maximum Gasteiger partial charge on any atom is 0.193 e. The van der Waals surface area contributed by atoms with Gasteiger partial charge in [0.05, 0.1) is 12.1 Å². The van der Waals surface area contributed by atoms with Crippen molar-refractivity contribution in [1.29, 1.82) is 0 Å². The van der Waals surface area contributed by atoms with Gasteiger partial charge in [0.15, 0.2) is 5.96 Å². The molecule has 3 N–H and O–H groups in total. The van der Waals surface area contributed by atoms with Crippen LogP contribution in [0, 0.1) is 11.3 Å². The van der Waals surface area contributed by atoms with E-state index in [9.17, 15) is 0 Å². The molecule has 5 heteroatoms. The predicted octanol–water partition coefficient (Wildman–Crippen LogP) is 3.51. The first-order valence-electron chi connectivity index (χ1n) is 6.87. The van der Waals surface area contributed by atoms with Crippen LogP contribution in [-0.4, -0.2) is 19.6 Å². The van der Waals surface area contributed by atoms with Crippen LogP contribution in [0.5, 0.6) is 5.75 Å². The van der Waals surface area contributed by atoms with E-state index in [1.807, 2.05) is 6.07 Å². The van der Waals surface area contributed by atoms with Crippen LogP contribution < -0.4 is 15.8 Å². The van der Waals surface area contributed by atoms with Gasteiger partial charge in [-0.05, 0) is 42.4 Å². The minimum atomic E-state index is 0.365. The summed E-state index contributed by atoms with van der Waals surface area (Å²) in [7, 11) is 1.59. The Labute approximate surface area is 125 Å². The van der Waals surface area contributed by atoms with E-state index in [0.29, 0.717) is 28.1 Å². The molecule has 0 atom stereocenters. The number of rotatable bonds is 5. The maximum absolute atomic E-state index is 6.07. The standard InChI is InChI=1S/C15H22ClN3O/c1-10(2)15(6-7-15)9-18-14(17)19-11-4-5-13(20-3)12(16)8-11/h4-5,8,10H,6-7,9H2,1-3H3,(H3,17,18,19). The fourth-order valence-corrected chi connectivity index (χ4v) is 2.51. The molecule has 1 saturated carbocycles. The molecule has 20 heavy (non-hydrogen) atoms. The Kier molecular flexibility index (Phi) is 4.43. The fourth-order valence-electron chi connectivity index (χ4n) is 2.25. The van der Waals surface area contributed by atoms with Gasteiger partial charge in [-0.25, -0.2) is 0 Å². The van der Waals surface area contributed by atoms with Gasteiger partial charge in [-0.15, -0.1) is 0 Å². The second-order valence-electron chi connectivity index (χ2n) is 5.69. The van der Waals surface area contributed by atoms with E-state index >= 15 is 0 Å². The monoisotopic (exact) mass is 295 g/mol. The number of hydrogen-bond acceptors (Lipinski definition) is 2. The molecular weight excluding hydrogens is 274 g/mol. The Hall–Kier alpha value is -1.42. The van der Waals surface area contributed by atoms with Crippen LogP contribution in [0.15, 0.2) is 23.2 Å². The molecule has 4 nitrogen and oxygen atoms in total. The Bertz CT molecular complexity index is 510. The molecule has 1 aliphatic carbocycles. The SMILES string of the molecule is COc1ccc(NC(N)=NCC2(C(C)C)CC2)cc1Cl. The van der Waals surface area contributed by atoms with Crippen LogP contribution in [0.4, 0.5) is 5.69 Å². The number of nitrogens with one attached hydrogen (secondary N) is 1. The molecular formula is C15H22ClN3O. The number of guanidine groups is 1. The van der Waals surface area contributed by atoms with E-state index in [4.69, 9.17) is 22.1 Å². The normalized spacial score (nSPS) is 17.1. The number of aliphatic imine (C=N–C) groups is 1. The second kappa shape index (κ2) is 5.92. The fraction of sp³-hybridized carbons (Fsp3) is 0.533. The molecule has 1 aromatic carbocycles. The molecule has 0 spiro atoms. The number of anilines is 1. The van der Waals surface area contributed by atoms with Crippen LogP contribution in [0.25, 0.3) is 0 Å². The van der Waals surface area contributed by atoms with Crippen molar-refractivity contribution in [2.75, 3.05) is 19.0 Å². The first-order chi connectivity index (χ1) is 9.47. The van der Waals surface area contributed by atoms with Crippen LogP contribution >= 0.6 is 11.6 Å². The van der Waals surface area contributed by atoms with Crippen LogP contribution in [0.2, 0.25) is 5.02 Å². The van der Waals surface area contributed by atoms with Crippen molar-refractivity contribution in [1.82, 2.24) is 0 Å². The summed E-state index contributed by atoms with van der Waals surface area (Å²) in [6.07, 6.45) is 2.49. The number of methoxy groups -OCH3 is 1. The van der Waals surface area contributed by atoms with E-state index in [-0.39, 0.29) is 0 Å². The molecule has 0 aliphatic heterocycles. The average molecular weight is 296 g/mol. The smallest absolute Gasteiger partial charge is 0.193 e. The largest absolute Gasteiger partial charge is 0.495 e. The molecule has 2 rings (SSSR count). The number of benzene rings is 1. The highest BCUT2D eigenvalue weighted by Crippen LogP contribution is 2.51. The highest BCUT2D eigenvalue weighted by Gasteiger charge is 2.45. The zero-order valence-electron chi connectivity index (χ0n) is 12.2. The van der Waals surface area contributed by atoms with Crippen molar-refractivity contribution in [3.63, 3.8) is 0 Å². The minimum absolute atomic E-state index is 0.365. The molecule has 1 fully saturated rings. The number of hydrogen-bond donors (Lipinski definition) is 2. The lowest BCUT2D eigenvalue weighted by atomic mass is 9.93.